The highest BCUT2D eigenvalue weighted by molar-refractivity contribution is 5.13. The van der Waals surface area contributed by atoms with Crippen LogP contribution in [0.2, 0.25) is 0 Å². The Kier molecular flexibility index (Phi) is 9.59. The average Bonchev–Trinajstić information content (AvgIpc) is 2.50. The van der Waals surface area contributed by atoms with Gasteiger partial charge in [0.15, 0.2) is 0 Å². The molecule has 122 valence electrons. The molecule has 0 radical (unpaired) electrons. The lowest BCUT2D eigenvalue weighted by atomic mass is 10.1. The molecule has 0 amide bonds. The van der Waals surface area contributed by atoms with E-state index in [1.807, 2.05) is 65.8 Å². The van der Waals surface area contributed by atoms with Crippen LogP contribution in [0.4, 0.5) is 0 Å². The Morgan fingerprint density at radius 1 is 0.727 bits per heavy atom. The minimum atomic E-state index is 0.0255. The Hall–Kier alpha value is -2.10. The van der Waals surface area contributed by atoms with Gasteiger partial charge in [-0.2, -0.15) is 0 Å². The molecule has 2 aromatic rings. The molecule has 0 bridgehead atoms. The third-order valence-electron chi connectivity index (χ3n) is 2.94. The van der Waals surface area contributed by atoms with Gasteiger partial charge in [-0.05, 0) is 24.0 Å². The first-order valence-corrected chi connectivity index (χ1v) is 7.78. The van der Waals surface area contributed by atoms with Crippen molar-refractivity contribution in [2.45, 2.75) is 53.4 Å². The molecule has 0 aliphatic rings. The van der Waals surface area contributed by atoms with Gasteiger partial charge in [0.05, 0.1) is 0 Å². The van der Waals surface area contributed by atoms with E-state index < -0.39 is 0 Å². The van der Waals surface area contributed by atoms with Crippen molar-refractivity contribution >= 4 is 0 Å². The van der Waals surface area contributed by atoms with Crippen molar-refractivity contribution in [2.24, 2.45) is 0 Å². The first kappa shape index (κ1) is 19.9. The highest BCUT2D eigenvalue weighted by Gasteiger charge is 2.01. The van der Waals surface area contributed by atoms with E-state index >= 15 is 0 Å². The van der Waals surface area contributed by atoms with Crippen LogP contribution < -0.4 is 11.1 Å². The molecule has 0 fully saturated rings. The van der Waals surface area contributed by atoms with Crippen molar-refractivity contribution in [1.29, 1.82) is 0 Å². The number of hydrogen-bond donors (Lipinski definition) is 2. The first-order chi connectivity index (χ1) is 10.4. The quantitative estimate of drug-likeness (QED) is 0.880. The summed E-state index contributed by atoms with van der Waals surface area (Å²) in [4.78, 5) is 27.3. The lowest BCUT2D eigenvalue weighted by Gasteiger charge is -2.00. The molecular formula is C18H28N2O2. The van der Waals surface area contributed by atoms with Crippen molar-refractivity contribution in [1.82, 2.24) is 9.97 Å². The smallest absolute Gasteiger partial charge is 0.251 e. The van der Waals surface area contributed by atoms with E-state index in [0.29, 0.717) is 11.8 Å². The van der Waals surface area contributed by atoms with E-state index in [9.17, 15) is 9.59 Å². The van der Waals surface area contributed by atoms with Gasteiger partial charge >= 0.3 is 0 Å². The van der Waals surface area contributed by atoms with E-state index in [1.54, 1.807) is 12.4 Å². The van der Waals surface area contributed by atoms with Crippen molar-refractivity contribution in [3.63, 3.8) is 0 Å². The molecule has 0 aliphatic heterocycles. The normalized spacial score (nSPS) is 9.64. The summed E-state index contributed by atoms with van der Waals surface area (Å²) in [6.45, 7) is 12.0. The Bertz CT molecular complexity index is 582. The van der Waals surface area contributed by atoms with Gasteiger partial charge in [-0.3, -0.25) is 9.59 Å². The maximum Gasteiger partial charge on any atom is 0.251 e. The molecule has 0 saturated carbocycles. The first-order valence-electron chi connectivity index (χ1n) is 7.78. The lowest BCUT2D eigenvalue weighted by Crippen LogP contribution is -2.11. The topological polar surface area (TPSA) is 65.7 Å². The lowest BCUT2D eigenvalue weighted by molar-refractivity contribution is 0.844. The fraction of sp³-hybridized carbons (Fsp3) is 0.444. The second-order valence-corrected chi connectivity index (χ2v) is 5.22. The molecule has 4 nitrogen and oxygen atoms in total. The average molecular weight is 304 g/mol. The van der Waals surface area contributed by atoms with Crippen molar-refractivity contribution < 1.29 is 0 Å². The molecular weight excluding hydrogens is 276 g/mol. The number of hydrogen-bond acceptors (Lipinski definition) is 2. The Morgan fingerprint density at radius 2 is 1.05 bits per heavy atom. The minimum Gasteiger partial charge on any atom is -0.329 e. The fourth-order valence-electron chi connectivity index (χ4n) is 1.78. The third kappa shape index (κ3) is 6.57. The molecule has 0 unspecified atom stereocenters. The van der Waals surface area contributed by atoms with Gasteiger partial charge in [0.25, 0.3) is 11.1 Å². The van der Waals surface area contributed by atoms with Crippen LogP contribution in [0.15, 0.2) is 46.2 Å². The Labute approximate surface area is 132 Å². The van der Waals surface area contributed by atoms with E-state index in [1.165, 1.54) is 0 Å². The van der Waals surface area contributed by atoms with Gasteiger partial charge in [-0.15, -0.1) is 0 Å². The van der Waals surface area contributed by atoms with Crippen LogP contribution in [0.3, 0.4) is 0 Å². The van der Waals surface area contributed by atoms with Crippen LogP contribution in [-0.4, -0.2) is 9.97 Å². The molecule has 0 aromatic carbocycles. The summed E-state index contributed by atoms with van der Waals surface area (Å²) in [5, 5.41) is 0. The standard InChI is InChI=1S/2C8H11NO.C2H6/c2*1-6(2)7-4-3-5-9-8(7)10;1-2/h2*3-6H,1-2H3,(H,9,10);1-2H3. The zero-order chi connectivity index (χ0) is 17.1. The second-order valence-electron chi connectivity index (χ2n) is 5.22. The van der Waals surface area contributed by atoms with E-state index in [-0.39, 0.29) is 11.1 Å². The van der Waals surface area contributed by atoms with Gasteiger partial charge in [0.1, 0.15) is 0 Å². The fourth-order valence-corrected chi connectivity index (χ4v) is 1.78. The minimum absolute atomic E-state index is 0.0255. The number of H-pyrrole nitrogens is 2. The van der Waals surface area contributed by atoms with Gasteiger partial charge in [-0.1, -0.05) is 53.7 Å². The molecule has 0 aliphatic carbocycles. The summed E-state index contributed by atoms with van der Waals surface area (Å²) in [6, 6.07) is 7.39. The van der Waals surface area contributed by atoms with E-state index in [0.717, 1.165) is 11.1 Å². The largest absolute Gasteiger partial charge is 0.329 e. The maximum atomic E-state index is 11.0. The SMILES string of the molecule is CC.CC(C)c1ccc[nH]c1=O.CC(C)c1ccc[nH]c1=O. The number of aromatic amines is 2. The summed E-state index contributed by atoms with van der Waals surface area (Å²) >= 11 is 0. The molecule has 4 heteroatoms. The zero-order valence-corrected chi connectivity index (χ0v) is 14.4. The monoisotopic (exact) mass is 304 g/mol. The van der Waals surface area contributed by atoms with Crippen LogP contribution in [0.1, 0.15) is 64.5 Å². The summed E-state index contributed by atoms with van der Waals surface area (Å²) in [6.07, 6.45) is 3.29. The highest BCUT2D eigenvalue weighted by Crippen LogP contribution is 2.07. The van der Waals surface area contributed by atoms with Gasteiger partial charge in [0.2, 0.25) is 0 Å². The molecule has 2 heterocycles. The van der Waals surface area contributed by atoms with Crippen molar-refractivity contribution in [3.8, 4) is 0 Å². The van der Waals surface area contributed by atoms with Gasteiger partial charge in [0, 0.05) is 23.5 Å². The summed E-state index contributed by atoms with van der Waals surface area (Å²) in [5.41, 5.74) is 1.75. The molecule has 0 saturated heterocycles. The number of nitrogens with one attached hydrogen (secondary N) is 2. The second kappa shape index (κ2) is 10.6. The van der Waals surface area contributed by atoms with Gasteiger partial charge in [-0.25, -0.2) is 0 Å². The molecule has 2 N–H and O–H groups in total. The predicted octanol–water partition coefficient (Wildman–Crippen LogP) is 4.02. The molecule has 2 aromatic heterocycles. The number of pyridine rings is 2. The highest BCUT2D eigenvalue weighted by atomic mass is 16.1. The summed E-state index contributed by atoms with van der Waals surface area (Å²) < 4.78 is 0. The van der Waals surface area contributed by atoms with Crippen LogP contribution in [0.5, 0.6) is 0 Å². The summed E-state index contributed by atoms with van der Waals surface area (Å²) in [7, 11) is 0. The van der Waals surface area contributed by atoms with Crippen LogP contribution in [0, 0.1) is 0 Å². The van der Waals surface area contributed by atoms with Crippen LogP contribution in [-0.2, 0) is 0 Å². The Balaban J connectivity index is 0.000000360. The number of rotatable bonds is 2. The van der Waals surface area contributed by atoms with Gasteiger partial charge < -0.3 is 9.97 Å². The van der Waals surface area contributed by atoms with Crippen molar-refractivity contribution in [2.75, 3.05) is 0 Å². The zero-order valence-electron chi connectivity index (χ0n) is 14.4. The van der Waals surface area contributed by atoms with E-state index in [2.05, 4.69) is 9.97 Å². The van der Waals surface area contributed by atoms with Crippen LogP contribution in [0.25, 0.3) is 0 Å². The summed E-state index contributed by atoms with van der Waals surface area (Å²) in [5.74, 6) is 0.620. The Morgan fingerprint density at radius 3 is 1.23 bits per heavy atom. The van der Waals surface area contributed by atoms with E-state index in [4.69, 9.17) is 0 Å². The predicted molar refractivity (Wildman–Crippen MR) is 93.7 cm³/mol. The molecule has 2 rings (SSSR count). The van der Waals surface area contributed by atoms with Crippen molar-refractivity contribution in [3.05, 3.63) is 68.5 Å². The molecule has 0 spiro atoms. The maximum absolute atomic E-state index is 11.0. The molecule has 22 heavy (non-hydrogen) atoms. The third-order valence-corrected chi connectivity index (χ3v) is 2.94. The molecule has 0 atom stereocenters. The number of aromatic nitrogens is 2. The van der Waals surface area contributed by atoms with Crippen LogP contribution >= 0.6 is 0 Å².